The van der Waals surface area contributed by atoms with E-state index >= 15 is 0 Å². The highest BCUT2D eigenvalue weighted by Gasteiger charge is 2.40. The van der Waals surface area contributed by atoms with Crippen LogP contribution in [-0.4, -0.2) is 25.2 Å². The van der Waals surface area contributed by atoms with Gasteiger partial charge in [-0.3, -0.25) is 4.79 Å². The van der Waals surface area contributed by atoms with Crippen LogP contribution >= 0.6 is 15.9 Å². The topological polar surface area (TPSA) is 51.2 Å². The number of carbonyl (C=O) groups is 1. The van der Waals surface area contributed by atoms with Crippen LogP contribution in [0.3, 0.4) is 0 Å². The molecule has 1 aromatic rings. The molecule has 0 atom stereocenters. The average molecular weight is 347 g/mol. The Morgan fingerprint density at radius 1 is 1.16 bits per heavy atom. The Bertz CT molecular complexity index is 643. The molecule has 3 nitrogen and oxygen atoms in total. The fourth-order valence-corrected chi connectivity index (χ4v) is 2.73. The molecule has 1 aromatic carbocycles. The molecule has 19 heavy (non-hydrogen) atoms. The fraction of sp³-hybridized carbons (Fsp3) is 0.500. The van der Waals surface area contributed by atoms with E-state index in [2.05, 4.69) is 15.9 Å². The lowest BCUT2D eigenvalue weighted by Crippen LogP contribution is -2.40. The molecule has 0 saturated carbocycles. The van der Waals surface area contributed by atoms with Crippen LogP contribution in [0.25, 0.3) is 0 Å². The van der Waals surface area contributed by atoms with Gasteiger partial charge in [-0.2, -0.15) is 0 Å². The van der Waals surface area contributed by atoms with Crippen LogP contribution < -0.4 is 0 Å². The summed E-state index contributed by atoms with van der Waals surface area (Å²) in [4.78, 5) is 12.6. The molecule has 0 aliphatic carbocycles. The van der Waals surface area contributed by atoms with Gasteiger partial charge in [0.05, 0.1) is 0 Å². The lowest BCUT2D eigenvalue weighted by molar-refractivity contribution is 0.0953. The molecule has 0 heterocycles. The fourth-order valence-electron chi connectivity index (χ4n) is 1.98. The molecule has 0 aromatic heterocycles. The van der Waals surface area contributed by atoms with E-state index in [1.807, 2.05) is 26.8 Å². The molecular weight excluding hydrogens is 328 g/mol. The summed E-state index contributed by atoms with van der Waals surface area (Å²) < 4.78 is 23.1. The largest absolute Gasteiger partial charge is 0.292 e. The molecule has 0 amide bonds. The number of hydrogen-bond donors (Lipinski definition) is 0. The van der Waals surface area contributed by atoms with Crippen molar-refractivity contribution in [3.05, 3.63) is 32.8 Å². The maximum atomic E-state index is 12.6. The SMILES string of the molecule is Cc1cc(C)c(C(=O)C(C)(C)S(C)(=O)=O)c(C)c1Br. The molecular formula is C14H19BrO3S. The Hall–Kier alpha value is -0.680. The number of benzene rings is 1. The van der Waals surface area contributed by atoms with Gasteiger partial charge in [0.1, 0.15) is 4.75 Å². The number of sulfone groups is 1. The third-order valence-corrected chi connectivity index (χ3v) is 6.84. The highest BCUT2D eigenvalue weighted by molar-refractivity contribution is 9.10. The van der Waals surface area contributed by atoms with Gasteiger partial charge in [-0.15, -0.1) is 0 Å². The van der Waals surface area contributed by atoms with E-state index in [-0.39, 0.29) is 5.78 Å². The van der Waals surface area contributed by atoms with Crippen molar-refractivity contribution in [3.8, 4) is 0 Å². The summed E-state index contributed by atoms with van der Waals surface area (Å²) in [5, 5.41) is 0. The lowest BCUT2D eigenvalue weighted by atomic mass is 9.91. The molecule has 0 spiro atoms. The molecule has 0 aliphatic heterocycles. The van der Waals surface area contributed by atoms with Gasteiger partial charge in [-0.05, 0) is 51.3 Å². The highest BCUT2D eigenvalue weighted by atomic mass is 79.9. The van der Waals surface area contributed by atoms with Gasteiger partial charge in [0, 0.05) is 16.3 Å². The van der Waals surface area contributed by atoms with Gasteiger partial charge in [0.2, 0.25) is 0 Å². The molecule has 0 unspecified atom stereocenters. The maximum absolute atomic E-state index is 12.6. The number of aryl methyl sites for hydroxylation is 2. The van der Waals surface area contributed by atoms with Crippen molar-refractivity contribution in [2.75, 3.05) is 6.26 Å². The minimum atomic E-state index is -3.47. The van der Waals surface area contributed by atoms with Crippen LogP contribution in [0.5, 0.6) is 0 Å². The van der Waals surface area contributed by atoms with Crippen LogP contribution in [0, 0.1) is 20.8 Å². The monoisotopic (exact) mass is 346 g/mol. The predicted octanol–water partition coefficient (Wildman–Crippen LogP) is 3.38. The first-order valence-corrected chi connectivity index (χ1v) is 8.60. The Balaban J connectivity index is 3.58. The molecule has 106 valence electrons. The van der Waals surface area contributed by atoms with E-state index in [1.54, 1.807) is 0 Å². The lowest BCUT2D eigenvalue weighted by Gasteiger charge is -2.24. The van der Waals surface area contributed by atoms with Crippen LogP contribution in [-0.2, 0) is 9.84 Å². The Kier molecular flexibility index (Phi) is 4.32. The molecule has 0 bridgehead atoms. The average Bonchev–Trinajstić information content (AvgIpc) is 2.24. The normalized spacial score (nSPS) is 12.6. The number of Topliss-reactive ketones (excluding diaryl/α,β-unsaturated/α-hetero) is 1. The van der Waals surface area contributed by atoms with Crippen molar-refractivity contribution in [1.29, 1.82) is 0 Å². The van der Waals surface area contributed by atoms with E-state index < -0.39 is 14.6 Å². The summed E-state index contributed by atoms with van der Waals surface area (Å²) in [6.07, 6.45) is 1.10. The van der Waals surface area contributed by atoms with Crippen molar-refractivity contribution < 1.29 is 13.2 Å². The van der Waals surface area contributed by atoms with Gasteiger partial charge in [0.25, 0.3) is 0 Å². The second-order valence-corrected chi connectivity index (χ2v) is 8.79. The number of ketones is 1. The second-order valence-electron chi connectivity index (χ2n) is 5.44. The summed E-state index contributed by atoms with van der Waals surface area (Å²) in [6.45, 7) is 8.52. The first-order chi connectivity index (χ1) is 8.41. The zero-order chi connectivity index (χ0) is 15.2. The summed E-state index contributed by atoms with van der Waals surface area (Å²) in [6, 6.07) is 1.89. The first-order valence-electron chi connectivity index (χ1n) is 5.92. The minimum Gasteiger partial charge on any atom is -0.292 e. The Labute approximate surface area is 123 Å². The molecule has 1 rings (SSSR count). The van der Waals surface area contributed by atoms with E-state index in [0.29, 0.717) is 5.56 Å². The zero-order valence-electron chi connectivity index (χ0n) is 12.1. The van der Waals surface area contributed by atoms with Crippen molar-refractivity contribution in [3.63, 3.8) is 0 Å². The Morgan fingerprint density at radius 2 is 1.63 bits per heavy atom. The maximum Gasteiger partial charge on any atom is 0.184 e. The molecule has 0 fully saturated rings. The highest BCUT2D eigenvalue weighted by Crippen LogP contribution is 2.31. The molecule has 0 radical (unpaired) electrons. The van der Waals surface area contributed by atoms with Gasteiger partial charge in [0.15, 0.2) is 15.6 Å². The zero-order valence-corrected chi connectivity index (χ0v) is 14.5. The molecule has 0 saturated heterocycles. The van der Waals surface area contributed by atoms with Crippen molar-refractivity contribution in [2.45, 2.75) is 39.4 Å². The molecule has 0 aliphatic rings. The number of rotatable bonds is 3. The predicted molar refractivity (Wildman–Crippen MR) is 81.6 cm³/mol. The van der Waals surface area contributed by atoms with Crippen molar-refractivity contribution in [1.82, 2.24) is 0 Å². The van der Waals surface area contributed by atoms with E-state index in [9.17, 15) is 13.2 Å². The van der Waals surface area contributed by atoms with Crippen LogP contribution in [0.2, 0.25) is 0 Å². The van der Waals surface area contributed by atoms with Crippen molar-refractivity contribution >= 4 is 31.6 Å². The van der Waals surface area contributed by atoms with Gasteiger partial charge in [-0.25, -0.2) is 8.42 Å². The minimum absolute atomic E-state index is 0.356. The standard InChI is InChI=1S/C14H19BrO3S/c1-8-7-9(2)12(15)10(3)11(8)13(16)14(4,5)19(6,17)18/h7H,1-6H3. The smallest absolute Gasteiger partial charge is 0.184 e. The summed E-state index contributed by atoms with van der Waals surface area (Å²) in [5.74, 6) is -0.356. The van der Waals surface area contributed by atoms with Crippen molar-refractivity contribution in [2.24, 2.45) is 0 Å². The van der Waals surface area contributed by atoms with Crippen LogP contribution in [0.4, 0.5) is 0 Å². The summed E-state index contributed by atoms with van der Waals surface area (Å²) in [5.41, 5.74) is 3.12. The van der Waals surface area contributed by atoms with Crippen LogP contribution in [0.15, 0.2) is 10.5 Å². The number of halogens is 1. The van der Waals surface area contributed by atoms with Gasteiger partial charge in [-0.1, -0.05) is 22.0 Å². The molecule has 0 N–H and O–H groups in total. The summed E-state index contributed by atoms with van der Waals surface area (Å²) >= 11 is 3.45. The second kappa shape index (κ2) is 5.02. The summed E-state index contributed by atoms with van der Waals surface area (Å²) in [7, 11) is -3.47. The van der Waals surface area contributed by atoms with E-state index in [4.69, 9.17) is 0 Å². The van der Waals surface area contributed by atoms with E-state index in [0.717, 1.165) is 27.4 Å². The quantitative estimate of drug-likeness (QED) is 0.788. The number of hydrogen-bond acceptors (Lipinski definition) is 3. The van der Waals surface area contributed by atoms with Crippen LogP contribution in [0.1, 0.15) is 40.9 Å². The van der Waals surface area contributed by atoms with E-state index in [1.165, 1.54) is 13.8 Å². The third-order valence-electron chi connectivity index (χ3n) is 3.58. The third kappa shape index (κ3) is 2.77. The van der Waals surface area contributed by atoms with Gasteiger partial charge >= 0.3 is 0 Å². The van der Waals surface area contributed by atoms with Gasteiger partial charge < -0.3 is 0 Å². The number of carbonyl (C=O) groups excluding carboxylic acids is 1. The Morgan fingerprint density at radius 3 is 2.05 bits per heavy atom. The molecule has 5 heteroatoms. The first kappa shape index (κ1) is 16.4.